The molecule has 0 spiro atoms. The highest BCUT2D eigenvalue weighted by Gasteiger charge is 2.02. The highest BCUT2D eigenvalue weighted by molar-refractivity contribution is 4.61. The van der Waals surface area contributed by atoms with E-state index in [0.29, 0.717) is 0 Å². The molecule has 80 valence electrons. The van der Waals surface area contributed by atoms with Crippen LogP contribution in [-0.4, -0.2) is 56.0 Å². The quantitative estimate of drug-likeness (QED) is 0.514. The number of hydrogen-bond donors (Lipinski definition) is 2. The predicted octanol–water partition coefficient (Wildman–Crippen LogP) is -0.336. The summed E-state index contributed by atoms with van der Waals surface area (Å²) < 4.78 is 5.21. The highest BCUT2D eigenvalue weighted by Crippen LogP contribution is 1.91. The maximum Gasteiger partial charge on any atom is 0.0593 e. The van der Waals surface area contributed by atoms with E-state index in [1.807, 2.05) is 14.0 Å². The molecular formula is C9H22N2O2. The summed E-state index contributed by atoms with van der Waals surface area (Å²) in [5.41, 5.74) is 5.57. The lowest BCUT2D eigenvalue weighted by molar-refractivity contribution is 0.120. The minimum Gasteiger partial charge on any atom is -0.395 e. The summed E-state index contributed by atoms with van der Waals surface area (Å²) in [7, 11) is 2.03. The molecular weight excluding hydrogens is 168 g/mol. The SMILES string of the molecule is CCOCCN(C)CCC(N)CO. The van der Waals surface area contributed by atoms with Gasteiger partial charge < -0.3 is 20.5 Å². The molecule has 3 N–H and O–H groups in total. The van der Waals surface area contributed by atoms with E-state index in [1.165, 1.54) is 0 Å². The average Bonchev–Trinajstić information content (AvgIpc) is 2.14. The molecule has 0 saturated carbocycles. The van der Waals surface area contributed by atoms with Crippen LogP contribution in [0.4, 0.5) is 0 Å². The molecule has 0 aliphatic carbocycles. The van der Waals surface area contributed by atoms with Crippen LogP contribution in [0.1, 0.15) is 13.3 Å². The fourth-order valence-electron chi connectivity index (χ4n) is 0.954. The van der Waals surface area contributed by atoms with Crippen molar-refractivity contribution in [3.8, 4) is 0 Å². The molecule has 0 bridgehead atoms. The van der Waals surface area contributed by atoms with Gasteiger partial charge in [0.1, 0.15) is 0 Å². The maximum absolute atomic E-state index is 8.69. The van der Waals surface area contributed by atoms with Gasteiger partial charge in [0, 0.05) is 19.2 Å². The summed E-state index contributed by atoms with van der Waals surface area (Å²) in [5.74, 6) is 0. The molecule has 0 aromatic rings. The molecule has 1 atom stereocenters. The van der Waals surface area contributed by atoms with Gasteiger partial charge in [-0.05, 0) is 26.9 Å². The summed E-state index contributed by atoms with van der Waals surface area (Å²) in [4.78, 5) is 2.16. The van der Waals surface area contributed by atoms with Crippen molar-refractivity contribution in [1.82, 2.24) is 4.90 Å². The van der Waals surface area contributed by atoms with Crippen molar-refractivity contribution >= 4 is 0 Å². The number of nitrogens with zero attached hydrogens (tertiary/aromatic N) is 1. The number of hydrogen-bond acceptors (Lipinski definition) is 4. The van der Waals surface area contributed by atoms with E-state index in [4.69, 9.17) is 15.6 Å². The molecule has 0 aromatic carbocycles. The van der Waals surface area contributed by atoms with Gasteiger partial charge in [-0.25, -0.2) is 0 Å². The van der Waals surface area contributed by atoms with Crippen molar-refractivity contribution in [1.29, 1.82) is 0 Å². The fraction of sp³-hybridized carbons (Fsp3) is 1.00. The average molecular weight is 190 g/mol. The zero-order valence-electron chi connectivity index (χ0n) is 8.70. The Morgan fingerprint density at radius 1 is 1.46 bits per heavy atom. The van der Waals surface area contributed by atoms with Crippen molar-refractivity contribution < 1.29 is 9.84 Å². The van der Waals surface area contributed by atoms with Crippen LogP contribution in [0.15, 0.2) is 0 Å². The third-order valence-corrected chi connectivity index (χ3v) is 1.94. The van der Waals surface area contributed by atoms with Crippen LogP contribution in [0.5, 0.6) is 0 Å². The number of aliphatic hydroxyl groups excluding tert-OH is 1. The lowest BCUT2D eigenvalue weighted by Crippen LogP contribution is -2.32. The minimum absolute atomic E-state index is 0.0688. The number of aliphatic hydroxyl groups is 1. The Labute approximate surface area is 80.7 Å². The summed E-state index contributed by atoms with van der Waals surface area (Å²) in [6, 6.07) is -0.0884. The van der Waals surface area contributed by atoms with Crippen LogP contribution in [0.2, 0.25) is 0 Å². The van der Waals surface area contributed by atoms with E-state index in [9.17, 15) is 0 Å². The highest BCUT2D eigenvalue weighted by atomic mass is 16.5. The minimum atomic E-state index is -0.0884. The largest absolute Gasteiger partial charge is 0.395 e. The van der Waals surface area contributed by atoms with E-state index < -0.39 is 0 Å². The molecule has 0 aliphatic heterocycles. The Morgan fingerprint density at radius 3 is 2.69 bits per heavy atom. The van der Waals surface area contributed by atoms with Gasteiger partial charge in [0.15, 0.2) is 0 Å². The van der Waals surface area contributed by atoms with Crippen molar-refractivity contribution in [2.24, 2.45) is 5.73 Å². The van der Waals surface area contributed by atoms with Gasteiger partial charge in [0.2, 0.25) is 0 Å². The number of ether oxygens (including phenoxy) is 1. The molecule has 0 heterocycles. The van der Waals surface area contributed by atoms with Crippen LogP contribution in [0.3, 0.4) is 0 Å². The molecule has 4 heteroatoms. The first kappa shape index (κ1) is 12.8. The molecule has 0 radical (unpaired) electrons. The molecule has 0 aromatic heterocycles. The second kappa shape index (κ2) is 8.44. The van der Waals surface area contributed by atoms with Gasteiger partial charge in [-0.1, -0.05) is 0 Å². The Morgan fingerprint density at radius 2 is 2.15 bits per heavy atom. The van der Waals surface area contributed by atoms with Crippen LogP contribution in [0.25, 0.3) is 0 Å². The summed E-state index contributed by atoms with van der Waals surface area (Å²) in [6.45, 7) is 5.42. The van der Waals surface area contributed by atoms with Gasteiger partial charge in [-0.15, -0.1) is 0 Å². The maximum atomic E-state index is 8.69. The van der Waals surface area contributed by atoms with Crippen molar-refractivity contribution in [3.63, 3.8) is 0 Å². The molecule has 0 amide bonds. The molecule has 13 heavy (non-hydrogen) atoms. The Hall–Kier alpha value is -0.160. The summed E-state index contributed by atoms with van der Waals surface area (Å²) in [6.07, 6.45) is 0.832. The van der Waals surface area contributed by atoms with Crippen LogP contribution < -0.4 is 5.73 Å². The lowest BCUT2D eigenvalue weighted by Gasteiger charge is -2.17. The van der Waals surface area contributed by atoms with Crippen LogP contribution in [-0.2, 0) is 4.74 Å². The number of likely N-dealkylation sites (N-methyl/N-ethyl adjacent to an activating group) is 1. The molecule has 0 fully saturated rings. The predicted molar refractivity (Wildman–Crippen MR) is 53.7 cm³/mol. The first-order valence-corrected chi connectivity index (χ1v) is 4.83. The number of rotatable bonds is 8. The van der Waals surface area contributed by atoms with E-state index in [0.717, 1.165) is 32.7 Å². The molecule has 4 nitrogen and oxygen atoms in total. The molecule has 1 unspecified atom stereocenters. The standard InChI is InChI=1S/C9H22N2O2/c1-3-13-7-6-11(2)5-4-9(10)8-12/h9,12H,3-8,10H2,1-2H3. The molecule has 0 saturated heterocycles. The van der Waals surface area contributed by atoms with E-state index >= 15 is 0 Å². The first-order chi connectivity index (χ1) is 6.20. The van der Waals surface area contributed by atoms with Gasteiger partial charge in [-0.3, -0.25) is 0 Å². The summed E-state index contributed by atoms with van der Waals surface area (Å²) in [5, 5.41) is 8.69. The van der Waals surface area contributed by atoms with E-state index in [1.54, 1.807) is 0 Å². The molecule has 0 aliphatic rings. The lowest BCUT2D eigenvalue weighted by atomic mass is 10.2. The van der Waals surface area contributed by atoms with Gasteiger partial charge in [0.05, 0.1) is 13.2 Å². The van der Waals surface area contributed by atoms with Gasteiger partial charge in [-0.2, -0.15) is 0 Å². The Kier molecular flexibility index (Phi) is 8.33. The Balaban J connectivity index is 3.24. The second-order valence-corrected chi connectivity index (χ2v) is 3.23. The Bertz CT molecular complexity index is 112. The fourth-order valence-corrected chi connectivity index (χ4v) is 0.954. The van der Waals surface area contributed by atoms with Gasteiger partial charge >= 0.3 is 0 Å². The van der Waals surface area contributed by atoms with Gasteiger partial charge in [0.25, 0.3) is 0 Å². The number of nitrogens with two attached hydrogens (primary N) is 1. The molecule has 0 rings (SSSR count). The third-order valence-electron chi connectivity index (χ3n) is 1.94. The monoisotopic (exact) mass is 190 g/mol. The second-order valence-electron chi connectivity index (χ2n) is 3.23. The van der Waals surface area contributed by atoms with E-state index in [2.05, 4.69) is 4.90 Å². The smallest absolute Gasteiger partial charge is 0.0593 e. The zero-order valence-corrected chi connectivity index (χ0v) is 8.70. The van der Waals surface area contributed by atoms with Crippen molar-refractivity contribution in [2.75, 3.05) is 40.0 Å². The van der Waals surface area contributed by atoms with E-state index in [-0.39, 0.29) is 12.6 Å². The van der Waals surface area contributed by atoms with Crippen molar-refractivity contribution in [2.45, 2.75) is 19.4 Å². The zero-order chi connectivity index (χ0) is 10.1. The normalized spacial score (nSPS) is 13.6. The van der Waals surface area contributed by atoms with Crippen LogP contribution in [0, 0.1) is 0 Å². The van der Waals surface area contributed by atoms with Crippen molar-refractivity contribution in [3.05, 3.63) is 0 Å². The first-order valence-electron chi connectivity index (χ1n) is 4.83. The van der Waals surface area contributed by atoms with Crippen LogP contribution >= 0.6 is 0 Å². The third kappa shape index (κ3) is 8.18. The summed E-state index contributed by atoms with van der Waals surface area (Å²) >= 11 is 0. The topological polar surface area (TPSA) is 58.7 Å².